The van der Waals surface area contributed by atoms with Gasteiger partial charge in [-0.25, -0.2) is 13.2 Å². The Morgan fingerprint density at radius 2 is 1.76 bits per heavy atom. The van der Waals surface area contributed by atoms with E-state index in [2.05, 4.69) is 4.74 Å². The first-order valence-corrected chi connectivity index (χ1v) is 5.72. The van der Waals surface area contributed by atoms with Crippen LogP contribution in [-0.4, -0.2) is 23.3 Å². The van der Waals surface area contributed by atoms with Crippen LogP contribution in [0.1, 0.15) is 29.3 Å². The monoisotopic (exact) mass is 305 g/mol. The molecule has 0 radical (unpaired) electrons. The van der Waals surface area contributed by atoms with Gasteiger partial charge in [-0.2, -0.15) is 0 Å². The molecule has 0 aromatic heterocycles. The SMILES string of the molecule is CCOC(=O)CC(=O)c1c(F)c(F)c(F)c(C)c1[N+](=O)[O-]. The zero-order chi connectivity index (χ0) is 16.3. The summed E-state index contributed by atoms with van der Waals surface area (Å²) in [5, 5.41) is 10.9. The number of halogens is 3. The van der Waals surface area contributed by atoms with Gasteiger partial charge in [0.05, 0.1) is 17.1 Å². The van der Waals surface area contributed by atoms with E-state index in [9.17, 15) is 32.9 Å². The summed E-state index contributed by atoms with van der Waals surface area (Å²) in [6.07, 6.45) is -1.02. The van der Waals surface area contributed by atoms with E-state index in [0.717, 1.165) is 6.92 Å². The van der Waals surface area contributed by atoms with Gasteiger partial charge in [0, 0.05) is 0 Å². The van der Waals surface area contributed by atoms with Gasteiger partial charge in [0.2, 0.25) is 0 Å². The number of ketones is 1. The zero-order valence-electron chi connectivity index (χ0n) is 11.0. The Morgan fingerprint density at radius 3 is 2.24 bits per heavy atom. The van der Waals surface area contributed by atoms with Crippen molar-refractivity contribution in [3.63, 3.8) is 0 Å². The van der Waals surface area contributed by atoms with Crippen molar-refractivity contribution < 1.29 is 32.4 Å². The van der Waals surface area contributed by atoms with Gasteiger partial charge in [-0.1, -0.05) is 0 Å². The molecule has 0 unspecified atom stereocenters. The highest BCUT2D eigenvalue weighted by atomic mass is 19.2. The van der Waals surface area contributed by atoms with E-state index in [4.69, 9.17) is 0 Å². The summed E-state index contributed by atoms with van der Waals surface area (Å²) in [4.78, 5) is 32.6. The average Bonchev–Trinajstić information content (AvgIpc) is 2.39. The second-order valence-electron chi connectivity index (χ2n) is 3.95. The van der Waals surface area contributed by atoms with Gasteiger partial charge in [0.1, 0.15) is 12.0 Å². The van der Waals surface area contributed by atoms with E-state index in [1.54, 1.807) is 0 Å². The lowest BCUT2D eigenvalue weighted by molar-refractivity contribution is -0.386. The van der Waals surface area contributed by atoms with Crippen LogP contribution in [0.25, 0.3) is 0 Å². The summed E-state index contributed by atoms with van der Waals surface area (Å²) in [6, 6.07) is 0. The van der Waals surface area contributed by atoms with Crippen molar-refractivity contribution in [3.05, 3.63) is 38.7 Å². The first kappa shape index (κ1) is 16.6. The molecule has 0 N–H and O–H groups in total. The molecule has 1 aromatic rings. The number of ether oxygens (including phenoxy) is 1. The smallest absolute Gasteiger partial charge is 0.313 e. The summed E-state index contributed by atoms with van der Waals surface area (Å²) in [6.45, 7) is 2.22. The molecule has 1 aromatic carbocycles. The van der Waals surface area contributed by atoms with Crippen molar-refractivity contribution in [2.24, 2.45) is 0 Å². The topological polar surface area (TPSA) is 86.5 Å². The van der Waals surface area contributed by atoms with Gasteiger partial charge in [-0.05, 0) is 13.8 Å². The van der Waals surface area contributed by atoms with Crippen LogP contribution in [0.4, 0.5) is 18.9 Å². The van der Waals surface area contributed by atoms with E-state index < -0.39 is 57.4 Å². The van der Waals surface area contributed by atoms with Crippen molar-refractivity contribution in [1.82, 2.24) is 0 Å². The molecule has 0 fully saturated rings. The Morgan fingerprint density at radius 1 is 1.19 bits per heavy atom. The molecule has 0 atom stereocenters. The Balaban J connectivity index is 3.44. The summed E-state index contributed by atoms with van der Waals surface area (Å²) in [7, 11) is 0. The van der Waals surface area contributed by atoms with E-state index in [1.807, 2.05) is 0 Å². The van der Waals surface area contributed by atoms with Gasteiger partial charge >= 0.3 is 5.97 Å². The standard InChI is InChI=1S/C12H10F3NO5/c1-3-21-7(18)4-6(17)8-10(14)11(15)9(13)5(2)12(8)16(19)20/h3-4H2,1-2H3. The quantitative estimate of drug-likeness (QED) is 0.208. The van der Waals surface area contributed by atoms with Gasteiger partial charge in [0.15, 0.2) is 23.2 Å². The van der Waals surface area contributed by atoms with Crippen molar-refractivity contribution in [3.8, 4) is 0 Å². The normalized spacial score (nSPS) is 10.3. The van der Waals surface area contributed by atoms with Crippen molar-refractivity contribution in [1.29, 1.82) is 0 Å². The molecule has 0 saturated carbocycles. The minimum absolute atomic E-state index is 0.0620. The number of Topliss-reactive ketones (excluding diaryl/α,β-unsaturated/α-hetero) is 1. The number of carbonyl (C=O) groups is 2. The molecule has 9 heteroatoms. The van der Waals surface area contributed by atoms with Crippen LogP contribution in [0.2, 0.25) is 0 Å². The molecule has 0 spiro atoms. The van der Waals surface area contributed by atoms with Crippen LogP contribution in [-0.2, 0) is 9.53 Å². The molecule has 114 valence electrons. The van der Waals surface area contributed by atoms with Crippen LogP contribution >= 0.6 is 0 Å². The molecule has 0 bridgehead atoms. The molecular weight excluding hydrogens is 295 g/mol. The largest absolute Gasteiger partial charge is 0.466 e. The number of nitro benzene ring substituents is 1. The maximum atomic E-state index is 13.7. The summed E-state index contributed by atoms with van der Waals surface area (Å²) in [5.74, 6) is -8.19. The number of hydrogen-bond acceptors (Lipinski definition) is 5. The first-order valence-electron chi connectivity index (χ1n) is 5.72. The highest BCUT2D eigenvalue weighted by Crippen LogP contribution is 2.31. The second kappa shape index (κ2) is 6.33. The zero-order valence-corrected chi connectivity index (χ0v) is 11.0. The fraction of sp³-hybridized carbons (Fsp3) is 0.333. The summed E-state index contributed by atoms with van der Waals surface area (Å²) >= 11 is 0. The maximum absolute atomic E-state index is 13.7. The Hall–Kier alpha value is -2.45. The predicted molar refractivity (Wildman–Crippen MR) is 63.3 cm³/mol. The predicted octanol–water partition coefficient (Wildman–Crippen LogP) is 2.46. The number of nitro groups is 1. The van der Waals surface area contributed by atoms with Crippen LogP contribution in [0.5, 0.6) is 0 Å². The Kier molecular flexibility index (Phi) is 5.01. The first-order chi connectivity index (χ1) is 9.72. The summed E-state index contributed by atoms with van der Waals surface area (Å²) in [5.41, 5.74) is -3.31. The molecule has 0 saturated heterocycles. The fourth-order valence-electron chi connectivity index (χ4n) is 1.68. The number of benzene rings is 1. The van der Waals surface area contributed by atoms with Crippen molar-refractivity contribution >= 4 is 17.4 Å². The van der Waals surface area contributed by atoms with Crippen molar-refractivity contribution in [2.75, 3.05) is 6.61 Å². The highest BCUT2D eigenvalue weighted by molar-refractivity contribution is 6.08. The molecule has 0 aliphatic heterocycles. The van der Waals surface area contributed by atoms with Crippen LogP contribution in [0.15, 0.2) is 0 Å². The van der Waals surface area contributed by atoms with Crippen molar-refractivity contribution in [2.45, 2.75) is 20.3 Å². The lowest BCUT2D eigenvalue weighted by atomic mass is 10.0. The summed E-state index contributed by atoms with van der Waals surface area (Å²) < 4.78 is 44.7. The lowest BCUT2D eigenvalue weighted by Crippen LogP contribution is -2.17. The van der Waals surface area contributed by atoms with E-state index in [-0.39, 0.29) is 6.61 Å². The van der Waals surface area contributed by atoms with Crippen LogP contribution < -0.4 is 0 Å². The van der Waals surface area contributed by atoms with E-state index in [0.29, 0.717) is 0 Å². The maximum Gasteiger partial charge on any atom is 0.313 e. The third kappa shape index (κ3) is 3.18. The highest BCUT2D eigenvalue weighted by Gasteiger charge is 2.34. The van der Waals surface area contributed by atoms with Gasteiger partial charge in [0.25, 0.3) is 5.69 Å². The van der Waals surface area contributed by atoms with Crippen LogP contribution in [0, 0.1) is 34.5 Å². The Labute approximate surface area is 116 Å². The molecule has 0 aliphatic rings. The molecule has 0 heterocycles. The number of rotatable bonds is 5. The molecule has 6 nitrogen and oxygen atoms in total. The number of carbonyl (C=O) groups excluding carboxylic acids is 2. The van der Waals surface area contributed by atoms with E-state index in [1.165, 1.54) is 6.92 Å². The number of nitrogens with zero attached hydrogens (tertiary/aromatic N) is 1. The fourth-order valence-corrected chi connectivity index (χ4v) is 1.68. The van der Waals surface area contributed by atoms with E-state index >= 15 is 0 Å². The minimum Gasteiger partial charge on any atom is -0.466 e. The minimum atomic E-state index is -2.01. The molecule has 21 heavy (non-hydrogen) atoms. The third-order valence-corrected chi connectivity index (χ3v) is 2.60. The number of hydrogen-bond donors (Lipinski definition) is 0. The second-order valence-corrected chi connectivity index (χ2v) is 3.95. The van der Waals surface area contributed by atoms with Gasteiger partial charge in [-0.3, -0.25) is 19.7 Å². The molecule has 0 amide bonds. The van der Waals surface area contributed by atoms with Gasteiger partial charge in [-0.15, -0.1) is 0 Å². The van der Waals surface area contributed by atoms with Crippen LogP contribution in [0.3, 0.4) is 0 Å². The Bertz CT molecular complexity index is 630. The molecular formula is C12H10F3NO5. The molecule has 1 rings (SSSR count). The average molecular weight is 305 g/mol. The number of esters is 1. The third-order valence-electron chi connectivity index (χ3n) is 2.60. The van der Waals surface area contributed by atoms with Gasteiger partial charge < -0.3 is 4.74 Å². The lowest BCUT2D eigenvalue weighted by Gasteiger charge is -2.08. The molecule has 0 aliphatic carbocycles.